The summed E-state index contributed by atoms with van der Waals surface area (Å²) in [7, 11) is 0. The van der Waals surface area contributed by atoms with Crippen LogP contribution in [0.3, 0.4) is 0 Å². The van der Waals surface area contributed by atoms with Crippen molar-refractivity contribution in [2.75, 3.05) is 11.9 Å². The van der Waals surface area contributed by atoms with Gasteiger partial charge in [-0.1, -0.05) is 48.5 Å². The van der Waals surface area contributed by atoms with Gasteiger partial charge in [0, 0.05) is 12.2 Å². The molecule has 3 N–H and O–H groups in total. The van der Waals surface area contributed by atoms with Crippen LogP contribution in [0.2, 0.25) is 0 Å². The fraction of sp³-hybridized carbons (Fsp3) is 0.318. The number of carboxylic acids is 1. The Morgan fingerprint density at radius 3 is 2.37 bits per heavy atom. The van der Waals surface area contributed by atoms with Gasteiger partial charge in [0.25, 0.3) is 0 Å². The second kappa shape index (κ2) is 8.02. The molecule has 2 aromatic carbocycles. The molecular formula is C22H23N3O4S. The molecule has 2 aromatic rings. The van der Waals surface area contributed by atoms with E-state index < -0.39 is 22.8 Å². The molecule has 4 atom stereocenters. The number of para-hydroxylation sites is 1. The van der Waals surface area contributed by atoms with Crippen LogP contribution in [0.15, 0.2) is 60.7 Å². The summed E-state index contributed by atoms with van der Waals surface area (Å²) in [5.41, 5.74) is 1.75. The van der Waals surface area contributed by atoms with Gasteiger partial charge in [0.05, 0.1) is 11.2 Å². The lowest BCUT2D eigenvalue weighted by Gasteiger charge is -2.43. The van der Waals surface area contributed by atoms with E-state index >= 15 is 0 Å². The van der Waals surface area contributed by atoms with Gasteiger partial charge in [0.2, 0.25) is 11.8 Å². The number of β-lactam (4-membered cyclic amide) rings is 1. The Labute approximate surface area is 178 Å². The monoisotopic (exact) mass is 425 g/mol. The fourth-order valence-corrected chi connectivity index (χ4v) is 5.72. The van der Waals surface area contributed by atoms with Gasteiger partial charge in [-0.25, -0.2) is 4.79 Å². The van der Waals surface area contributed by atoms with E-state index in [1.165, 1.54) is 16.7 Å². The molecule has 7 nitrogen and oxygen atoms in total. The lowest BCUT2D eigenvalue weighted by Crippen LogP contribution is -2.71. The molecule has 0 spiro atoms. The third kappa shape index (κ3) is 3.75. The zero-order chi connectivity index (χ0) is 21.3. The number of carbonyl (C=O) groups excluding carboxylic acids is 2. The molecule has 0 saturated carbocycles. The highest BCUT2D eigenvalue weighted by Crippen LogP contribution is 2.51. The quantitative estimate of drug-likeness (QED) is 0.587. The topological polar surface area (TPSA) is 98.7 Å². The number of rotatable bonds is 7. The Morgan fingerprint density at radius 1 is 1.10 bits per heavy atom. The molecule has 30 heavy (non-hydrogen) atoms. The number of carbonyl (C=O) groups is 3. The van der Waals surface area contributed by atoms with Crippen LogP contribution >= 0.6 is 11.8 Å². The molecule has 2 aliphatic heterocycles. The van der Waals surface area contributed by atoms with Gasteiger partial charge in [-0.05, 0) is 24.6 Å². The van der Waals surface area contributed by atoms with Crippen molar-refractivity contribution in [2.45, 2.75) is 35.5 Å². The summed E-state index contributed by atoms with van der Waals surface area (Å²) in [6.07, 6.45) is 0.178. The molecule has 0 radical (unpaired) electrons. The van der Waals surface area contributed by atoms with Crippen molar-refractivity contribution in [3.8, 4) is 0 Å². The van der Waals surface area contributed by atoms with Crippen molar-refractivity contribution >= 4 is 35.2 Å². The number of fused-ring (bicyclic) bond motifs is 1. The lowest BCUT2D eigenvalue weighted by atomic mass is 9.94. The highest BCUT2D eigenvalue weighted by Gasteiger charge is 2.65. The Balaban J connectivity index is 1.44. The predicted molar refractivity (Wildman–Crippen MR) is 115 cm³/mol. The summed E-state index contributed by atoms with van der Waals surface area (Å²) < 4.78 is -0.735. The third-order valence-corrected chi connectivity index (χ3v) is 7.15. The maximum absolute atomic E-state index is 12.7. The van der Waals surface area contributed by atoms with Gasteiger partial charge in [0.15, 0.2) is 0 Å². The molecule has 2 amide bonds. The van der Waals surface area contributed by atoms with E-state index in [1.807, 2.05) is 67.6 Å². The van der Waals surface area contributed by atoms with Crippen LogP contribution in [0, 0.1) is 0 Å². The molecule has 2 fully saturated rings. The molecular weight excluding hydrogens is 402 g/mol. The van der Waals surface area contributed by atoms with Gasteiger partial charge in [0.1, 0.15) is 17.5 Å². The standard InChI is InChI=1S/C22H23N3O4S/c1-22(13-23-15-10-6-3-7-11-15)18(21(28)29)25-19(27)17(20(25)30-22)24-16(26)12-14-8-4-2-5-9-14/h2-11,17-18,20,23H,12-13H2,1H3,(H,24,26)(H,28,29). The molecule has 2 aliphatic rings. The third-order valence-electron chi connectivity index (χ3n) is 5.50. The number of aliphatic carboxylic acids is 1. The Hall–Kier alpha value is -3.00. The van der Waals surface area contributed by atoms with Gasteiger partial charge >= 0.3 is 5.97 Å². The number of thioether (sulfide) groups is 1. The smallest absolute Gasteiger partial charge is 0.327 e. The first-order chi connectivity index (χ1) is 14.4. The molecule has 0 aliphatic carbocycles. The average Bonchev–Trinajstić information content (AvgIpc) is 3.02. The van der Waals surface area contributed by atoms with E-state index in [1.54, 1.807) is 0 Å². The SMILES string of the molecule is CC1(CNc2ccccc2)SC2C(NC(=O)Cc3ccccc3)C(=O)N2C1C(=O)O. The molecule has 0 aromatic heterocycles. The minimum atomic E-state index is -1.04. The Kier molecular flexibility index (Phi) is 5.42. The van der Waals surface area contributed by atoms with Crippen LogP contribution < -0.4 is 10.6 Å². The van der Waals surface area contributed by atoms with Crippen LogP contribution in [-0.2, 0) is 20.8 Å². The molecule has 4 unspecified atom stereocenters. The highest BCUT2D eigenvalue weighted by atomic mass is 32.2. The van der Waals surface area contributed by atoms with Crippen molar-refractivity contribution < 1.29 is 19.5 Å². The first kappa shape index (κ1) is 20.3. The fourth-order valence-electron chi connectivity index (χ4n) is 4.01. The minimum absolute atomic E-state index is 0.178. The number of hydrogen-bond donors (Lipinski definition) is 3. The zero-order valence-corrected chi connectivity index (χ0v) is 17.3. The first-order valence-corrected chi connectivity index (χ1v) is 10.6. The maximum Gasteiger partial charge on any atom is 0.327 e. The van der Waals surface area contributed by atoms with E-state index in [9.17, 15) is 19.5 Å². The second-order valence-electron chi connectivity index (χ2n) is 7.73. The van der Waals surface area contributed by atoms with E-state index in [0.717, 1.165) is 11.3 Å². The van der Waals surface area contributed by atoms with E-state index in [-0.39, 0.29) is 23.6 Å². The van der Waals surface area contributed by atoms with Crippen molar-refractivity contribution in [3.05, 3.63) is 66.2 Å². The number of anilines is 1. The largest absolute Gasteiger partial charge is 0.480 e. The van der Waals surface area contributed by atoms with Gasteiger partial charge in [-0.3, -0.25) is 9.59 Å². The van der Waals surface area contributed by atoms with E-state index in [2.05, 4.69) is 10.6 Å². The van der Waals surface area contributed by atoms with E-state index in [4.69, 9.17) is 0 Å². The summed E-state index contributed by atoms with van der Waals surface area (Å²) in [5, 5.41) is 15.5. The van der Waals surface area contributed by atoms with Crippen LogP contribution in [-0.4, -0.2) is 56.5 Å². The maximum atomic E-state index is 12.7. The number of amides is 2. The second-order valence-corrected chi connectivity index (χ2v) is 9.39. The summed E-state index contributed by atoms with van der Waals surface area (Å²) >= 11 is 1.43. The summed E-state index contributed by atoms with van der Waals surface area (Å²) in [4.78, 5) is 38.5. The predicted octanol–water partition coefficient (Wildman–Crippen LogP) is 1.95. The van der Waals surface area contributed by atoms with Crippen molar-refractivity contribution in [2.24, 2.45) is 0 Å². The highest BCUT2D eigenvalue weighted by molar-refractivity contribution is 8.01. The van der Waals surface area contributed by atoms with Crippen molar-refractivity contribution in [1.29, 1.82) is 0 Å². The molecule has 4 rings (SSSR count). The normalized spacial score (nSPS) is 27.2. The number of benzene rings is 2. The van der Waals surface area contributed by atoms with Crippen LogP contribution in [0.4, 0.5) is 5.69 Å². The summed E-state index contributed by atoms with van der Waals surface area (Å²) in [6, 6.07) is 17.2. The van der Waals surface area contributed by atoms with Crippen LogP contribution in [0.1, 0.15) is 12.5 Å². The van der Waals surface area contributed by atoms with Gasteiger partial charge in [-0.2, -0.15) is 0 Å². The lowest BCUT2D eigenvalue weighted by molar-refractivity contribution is -0.161. The zero-order valence-electron chi connectivity index (χ0n) is 16.4. The summed E-state index contributed by atoms with van der Waals surface area (Å²) in [6.45, 7) is 2.23. The Morgan fingerprint density at radius 2 is 1.73 bits per heavy atom. The van der Waals surface area contributed by atoms with Crippen molar-refractivity contribution in [1.82, 2.24) is 10.2 Å². The van der Waals surface area contributed by atoms with Crippen molar-refractivity contribution in [3.63, 3.8) is 0 Å². The minimum Gasteiger partial charge on any atom is -0.480 e. The number of carboxylic acid groups (broad SMARTS) is 1. The molecule has 2 saturated heterocycles. The first-order valence-electron chi connectivity index (χ1n) is 9.74. The summed E-state index contributed by atoms with van der Waals surface area (Å²) in [5.74, 6) is -1.63. The molecule has 8 heteroatoms. The molecule has 0 bridgehead atoms. The van der Waals surface area contributed by atoms with E-state index in [0.29, 0.717) is 6.54 Å². The van der Waals surface area contributed by atoms with Crippen LogP contribution in [0.25, 0.3) is 0 Å². The number of nitrogens with one attached hydrogen (secondary N) is 2. The van der Waals surface area contributed by atoms with Gasteiger partial charge in [-0.15, -0.1) is 11.8 Å². The Bertz CT molecular complexity index is 955. The average molecular weight is 426 g/mol. The molecule has 156 valence electrons. The number of hydrogen-bond acceptors (Lipinski definition) is 5. The number of nitrogens with zero attached hydrogens (tertiary/aromatic N) is 1. The molecule has 2 heterocycles. The van der Waals surface area contributed by atoms with Gasteiger partial charge < -0.3 is 20.6 Å². The van der Waals surface area contributed by atoms with Crippen LogP contribution in [0.5, 0.6) is 0 Å².